The summed E-state index contributed by atoms with van der Waals surface area (Å²) in [5.41, 5.74) is 5.37. The van der Waals surface area contributed by atoms with Crippen molar-refractivity contribution in [3.63, 3.8) is 0 Å². The molecule has 0 spiro atoms. The van der Waals surface area contributed by atoms with Gasteiger partial charge in [-0.3, -0.25) is 0 Å². The molecule has 0 aromatic rings. The highest BCUT2D eigenvalue weighted by Gasteiger charge is 2.50. The van der Waals surface area contributed by atoms with Crippen molar-refractivity contribution in [2.45, 2.75) is 125 Å². The van der Waals surface area contributed by atoms with Gasteiger partial charge < -0.3 is 5.11 Å². The summed E-state index contributed by atoms with van der Waals surface area (Å²) < 4.78 is 0. The van der Waals surface area contributed by atoms with Gasteiger partial charge in [-0.2, -0.15) is 0 Å². The maximum absolute atomic E-state index is 9.67. The molecule has 5 atom stereocenters. The minimum atomic E-state index is 0.253. The fourth-order valence-electron chi connectivity index (χ4n) is 7.77. The molecule has 33 heavy (non-hydrogen) atoms. The first-order valence-electron chi connectivity index (χ1n) is 14.5. The van der Waals surface area contributed by atoms with E-state index in [2.05, 4.69) is 53.3 Å². The number of aliphatic hydroxyl groups excluding tert-OH is 1. The minimum Gasteiger partial charge on any atom is -0.396 e. The molecule has 0 amide bonds. The Bertz CT molecular complexity index is 708. The molecule has 0 saturated heterocycles. The van der Waals surface area contributed by atoms with Gasteiger partial charge in [-0.05, 0) is 97.5 Å². The van der Waals surface area contributed by atoms with Crippen molar-refractivity contribution in [3.05, 3.63) is 35.5 Å². The van der Waals surface area contributed by atoms with E-state index in [1.54, 1.807) is 5.57 Å². The highest BCUT2D eigenvalue weighted by Crippen LogP contribution is 2.60. The first-order chi connectivity index (χ1) is 15.8. The molecule has 0 aromatic carbocycles. The van der Waals surface area contributed by atoms with E-state index in [9.17, 15) is 5.11 Å². The molecule has 3 rings (SSSR count). The molecule has 0 aliphatic heterocycles. The van der Waals surface area contributed by atoms with Gasteiger partial charge in [0.15, 0.2) is 0 Å². The molecule has 3 saturated carbocycles. The van der Waals surface area contributed by atoms with Crippen molar-refractivity contribution in [2.75, 3.05) is 6.61 Å². The van der Waals surface area contributed by atoms with Crippen molar-refractivity contribution in [3.8, 4) is 0 Å². The summed E-state index contributed by atoms with van der Waals surface area (Å²) in [5, 5.41) is 9.67. The molecule has 0 radical (unpaired) electrons. The Morgan fingerprint density at radius 3 is 2.55 bits per heavy atom. The SMILES string of the molecule is C=C1/C(=C\C=C2/CCCC3(C)C2CCC3C(C)CCCCC(C)(CC)CC)CCCC1CO. The molecular weight excluding hydrogens is 400 g/mol. The minimum absolute atomic E-state index is 0.253. The maximum atomic E-state index is 9.67. The number of hydrogen-bond acceptors (Lipinski definition) is 1. The Hall–Kier alpha value is -0.820. The Labute approximate surface area is 206 Å². The van der Waals surface area contributed by atoms with Crippen LogP contribution in [0.15, 0.2) is 35.5 Å². The Morgan fingerprint density at radius 2 is 1.85 bits per heavy atom. The molecule has 1 heteroatoms. The lowest BCUT2D eigenvalue weighted by molar-refractivity contribution is 0.0926. The number of fused-ring (bicyclic) bond motifs is 1. The van der Waals surface area contributed by atoms with E-state index < -0.39 is 0 Å². The molecule has 188 valence electrons. The van der Waals surface area contributed by atoms with E-state index in [0.717, 1.165) is 30.6 Å². The fraction of sp³-hybridized carbons (Fsp3) is 0.812. The molecular formula is C32H54O. The number of unbranched alkanes of at least 4 members (excludes halogenated alkanes) is 1. The molecule has 3 aliphatic carbocycles. The largest absolute Gasteiger partial charge is 0.396 e. The van der Waals surface area contributed by atoms with Crippen LogP contribution >= 0.6 is 0 Å². The first kappa shape index (κ1) is 26.8. The molecule has 0 aromatic heterocycles. The van der Waals surface area contributed by atoms with Crippen LogP contribution in [0.25, 0.3) is 0 Å². The molecule has 3 aliphatic rings. The zero-order chi connectivity index (χ0) is 24.1. The number of allylic oxidation sites excluding steroid dienone is 4. The predicted octanol–water partition coefficient (Wildman–Crippen LogP) is 9.43. The molecule has 0 heterocycles. The Balaban J connectivity index is 1.61. The van der Waals surface area contributed by atoms with Gasteiger partial charge in [0.1, 0.15) is 0 Å². The Kier molecular flexibility index (Phi) is 9.53. The molecule has 1 nitrogen and oxygen atoms in total. The second-order valence-corrected chi connectivity index (χ2v) is 12.6. The lowest BCUT2D eigenvalue weighted by atomic mass is 9.60. The van der Waals surface area contributed by atoms with Crippen LogP contribution in [-0.2, 0) is 0 Å². The van der Waals surface area contributed by atoms with Crippen LogP contribution in [-0.4, -0.2) is 11.7 Å². The summed E-state index contributed by atoms with van der Waals surface area (Å²) >= 11 is 0. The average Bonchev–Trinajstić information content (AvgIpc) is 3.18. The van der Waals surface area contributed by atoms with Crippen LogP contribution in [0.5, 0.6) is 0 Å². The van der Waals surface area contributed by atoms with Crippen molar-refractivity contribution < 1.29 is 5.11 Å². The summed E-state index contributed by atoms with van der Waals surface area (Å²) in [6.07, 6.45) is 23.5. The molecule has 5 unspecified atom stereocenters. The lowest BCUT2D eigenvalue weighted by Gasteiger charge is -2.44. The second kappa shape index (κ2) is 11.7. The van der Waals surface area contributed by atoms with E-state index in [1.807, 2.05) is 0 Å². The van der Waals surface area contributed by atoms with Gasteiger partial charge in [-0.25, -0.2) is 0 Å². The summed E-state index contributed by atoms with van der Waals surface area (Å²) in [6.45, 7) is 17.0. The van der Waals surface area contributed by atoms with Gasteiger partial charge in [0, 0.05) is 12.5 Å². The topological polar surface area (TPSA) is 20.2 Å². The van der Waals surface area contributed by atoms with Gasteiger partial charge in [0.05, 0.1) is 0 Å². The van der Waals surface area contributed by atoms with Gasteiger partial charge in [-0.15, -0.1) is 0 Å². The van der Waals surface area contributed by atoms with E-state index in [4.69, 9.17) is 0 Å². The Morgan fingerprint density at radius 1 is 1.09 bits per heavy atom. The van der Waals surface area contributed by atoms with Crippen LogP contribution in [0.4, 0.5) is 0 Å². The monoisotopic (exact) mass is 454 g/mol. The lowest BCUT2D eigenvalue weighted by Crippen LogP contribution is -2.36. The summed E-state index contributed by atoms with van der Waals surface area (Å²) in [5.74, 6) is 2.82. The highest BCUT2D eigenvalue weighted by molar-refractivity contribution is 5.37. The number of rotatable bonds is 10. The number of aliphatic hydroxyl groups is 1. The van der Waals surface area contributed by atoms with E-state index in [0.29, 0.717) is 10.8 Å². The normalized spacial score (nSPS) is 34.1. The van der Waals surface area contributed by atoms with Crippen molar-refractivity contribution in [1.82, 2.24) is 0 Å². The van der Waals surface area contributed by atoms with E-state index >= 15 is 0 Å². The maximum Gasteiger partial charge on any atom is 0.0499 e. The molecule has 3 fully saturated rings. The fourth-order valence-corrected chi connectivity index (χ4v) is 7.77. The quantitative estimate of drug-likeness (QED) is 0.326. The van der Waals surface area contributed by atoms with E-state index in [1.165, 1.54) is 88.2 Å². The molecule has 1 N–H and O–H groups in total. The first-order valence-corrected chi connectivity index (χ1v) is 14.5. The van der Waals surface area contributed by atoms with Crippen molar-refractivity contribution in [2.24, 2.45) is 34.5 Å². The van der Waals surface area contributed by atoms with Gasteiger partial charge in [-0.1, -0.05) is 91.0 Å². The summed E-state index contributed by atoms with van der Waals surface area (Å²) in [4.78, 5) is 0. The van der Waals surface area contributed by atoms with Crippen molar-refractivity contribution >= 4 is 0 Å². The zero-order valence-corrected chi connectivity index (χ0v) is 22.7. The highest BCUT2D eigenvalue weighted by atomic mass is 16.3. The van der Waals surface area contributed by atoms with Crippen molar-refractivity contribution in [1.29, 1.82) is 0 Å². The average molecular weight is 455 g/mol. The standard InChI is InChI=1S/C32H54O/c1-7-31(5,8-2)21-10-9-13-24(3)29-19-20-30-27(16-12-22-32(29,30)6)18-17-26-14-11-15-28(23-33)25(26)4/h17-18,24,28-30,33H,4,7-16,19-23H2,1-3,5-6H3/b26-17-,27-18+. The predicted molar refractivity (Wildman–Crippen MR) is 144 cm³/mol. The number of hydrogen-bond donors (Lipinski definition) is 1. The van der Waals surface area contributed by atoms with Crippen LogP contribution < -0.4 is 0 Å². The molecule has 0 bridgehead atoms. The van der Waals surface area contributed by atoms with E-state index in [-0.39, 0.29) is 12.5 Å². The van der Waals surface area contributed by atoms with Gasteiger partial charge in [0.25, 0.3) is 0 Å². The van der Waals surface area contributed by atoms with Crippen LogP contribution in [0.3, 0.4) is 0 Å². The van der Waals surface area contributed by atoms with Gasteiger partial charge in [0.2, 0.25) is 0 Å². The summed E-state index contributed by atoms with van der Waals surface area (Å²) in [6, 6.07) is 0. The third kappa shape index (κ3) is 6.06. The smallest absolute Gasteiger partial charge is 0.0499 e. The van der Waals surface area contributed by atoms with Crippen LogP contribution in [0.2, 0.25) is 0 Å². The van der Waals surface area contributed by atoms with Gasteiger partial charge >= 0.3 is 0 Å². The summed E-state index contributed by atoms with van der Waals surface area (Å²) in [7, 11) is 0. The second-order valence-electron chi connectivity index (χ2n) is 12.6. The van der Waals surface area contributed by atoms with Crippen LogP contribution in [0.1, 0.15) is 125 Å². The zero-order valence-electron chi connectivity index (χ0n) is 22.7. The van der Waals surface area contributed by atoms with Crippen LogP contribution in [0, 0.1) is 34.5 Å². The third-order valence-corrected chi connectivity index (χ3v) is 10.7. The third-order valence-electron chi connectivity index (χ3n) is 10.7.